The lowest BCUT2D eigenvalue weighted by molar-refractivity contribution is -0.124. The number of rotatable bonds is 9. The minimum Gasteiger partial charge on any atom is -0.465 e. The lowest BCUT2D eigenvalue weighted by atomic mass is 9.98. The van der Waals surface area contributed by atoms with Crippen molar-refractivity contribution in [2.75, 3.05) is 12.4 Å². The molecule has 1 heterocycles. The van der Waals surface area contributed by atoms with Gasteiger partial charge in [-0.25, -0.2) is 4.98 Å². The molecular formula is C14H25N3O2S. The van der Waals surface area contributed by atoms with Crippen molar-refractivity contribution < 1.29 is 9.53 Å². The number of H-pyrrole nitrogens is 1. The summed E-state index contributed by atoms with van der Waals surface area (Å²) in [6.07, 6.45) is 3.47. The van der Waals surface area contributed by atoms with E-state index >= 15 is 0 Å². The van der Waals surface area contributed by atoms with Gasteiger partial charge in [-0.3, -0.25) is 4.79 Å². The van der Waals surface area contributed by atoms with Crippen LogP contribution in [0.1, 0.15) is 39.3 Å². The lowest BCUT2D eigenvalue weighted by Crippen LogP contribution is -2.32. The van der Waals surface area contributed by atoms with Crippen LogP contribution in [-0.2, 0) is 11.3 Å². The summed E-state index contributed by atoms with van der Waals surface area (Å²) < 4.78 is 5.37. The first kappa shape index (κ1) is 16.9. The van der Waals surface area contributed by atoms with Crippen molar-refractivity contribution >= 4 is 18.5 Å². The molecule has 2 N–H and O–H groups in total. The average Bonchev–Trinajstić information content (AvgIpc) is 2.87. The van der Waals surface area contributed by atoms with Crippen molar-refractivity contribution in [1.82, 2.24) is 15.3 Å². The first-order valence-corrected chi connectivity index (χ1v) is 7.75. The summed E-state index contributed by atoms with van der Waals surface area (Å²) >= 11 is 4.25. The van der Waals surface area contributed by atoms with E-state index in [1.165, 1.54) is 0 Å². The van der Waals surface area contributed by atoms with Crippen LogP contribution in [0.15, 0.2) is 6.20 Å². The predicted octanol–water partition coefficient (Wildman–Crippen LogP) is 2.41. The number of amides is 1. The minimum absolute atomic E-state index is 0.0410. The van der Waals surface area contributed by atoms with Crippen LogP contribution in [-0.4, -0.2) is 28.2 Å². The summed E-state index contributed by atoms with van der Waals surface area (Å²) in [6, 6.07) is 0.504. The Hall–Kier alpha value is -1.17. The molecule has 0 radical (unpaired) electrons. The normalized spacial score (nSPS) is 12.4. The number of hydrogen-bond donors (Lipinski definition) is 3. The van der Waals surface area contributed by atoms with Gasteiger partial charge in [0.2, 0.25) is 5.91 Å². The molecule has 1 rings (SSSR count). The van der Waals surface area contributed by atoms with Crippen LogP contribution in [0, 0.1) is 11.8 Å². The molecule has 1 amide bonds. The van der Waals surface area contributed by atoms with Gasteiger partial charge in [0.05, 0.1) is 25.0 Å². The third-order valence-electron chi connectivity index (χ3n) is 2.85. The van der Waals surface area contributed by atoms with Crippen LogP contribution in [0.5, 0.6) is 6.01 Å². The number of aromatic amines is 1. The molecule has 0 aliphatic rings. The number of aromatic nitrogens is 2. The summed E-state index contributed by atoms with van der Waals surface area (Å²) in [5, 5.41) is 2.91. The number of hydrogen-bond acceptors (Lipinski definition) is 4. The van der Waals surface area contributed by atoms with Crippen LogP contribution < -0.4 is 10.1 Å². The van der Waals surface area contributed by atoms with Gasteiger partial charge in [0.15, 0.2) is 0 Å². The first-order valence-electron chi connectivity index (χ1n) is 7.12. The molecule has 0 unspecified atom stereocenters. The highest BCUT2D eigenvalue weighted by Gasteiger charge is 2.18. The zero-order chi connectivity index (χ0) is 15.0. The van der Waals surface area contributed by atoms with E-state index in [4.69, 9.17) is 4.74 Å². The highest BCUT2D eigenvalue weighted by molar-refractivity contribution is 7.80. The van der Waals surface area contributed by atoms with E-state index in [1.54, 1.807) is 6.20 Å². The highest BCUT2D eigenvalue weighted by Crippen LogP contribution is 2.13. The maximum absolute atomic E-state index is 12.0. The molecule has 0 aliphatic carbocycles. The standard InChI is InChI=1S/C14H25N3O2S/c1-4-5-19-14-16-8-12(17-14)7-15-13(18)11(9-20)6-10(2)3/h8,10-11,20H,4-7,9H2,1-3H3,(H,15,18)(H,16,17)/t11-/m1/s1. The summed E-state index contributed by atoms with van der Waals surface area (Å²) in [5.74, 6) is 1.05. The van der Waals surface area contributed by atoms with E-state index in [0.717, 1.165) is 18.5 Å². The number of imidazole rings is 1. The molecule has 0 aromatic carbocycles. The van der Waals surface area contributed by atoms with Gasteiger partial charge in [-0.1, -0.05) is 20.8 Å². The fourth-order valence-corrected chi connectivity index (χ4v) is 2.18. The van der Waals surface area contributed by atoms with E-state index in [-0.39, 0.29) is 11.8 Å². The molecule has 0 spiro atoms. The minimum atomic E-state index is -0.0444. The molecule has 1 atom stereocenters. The van der Waals surface area contributed by atoms with Crippen molar-refractivity contribution in [2.24, 2.45) is 11.8 Å². The molecule has 20 heavy (non-hydrogen) atoms. The van der Waals surface area contributed by atoms with Crippen LogP contribution >= 0.6 is 12.6 Å². The molecule has 1 aromatic rings. The third kappa shape index (κ3) is 5.86. The van der Waals surface area contributed by atoms with Crippen LogP contribution in [0.2, 0.25) is 0 Å². The van der Waals surface area contributed by atoms with Crippen molar-refractivity contribution in [3.63, 3.8) is 0 Å². The zero-order valence-corrected chi connectivity index (χ0v) is 13.4. The van der Waals surface area contributed by atoms with Gasteiger partial charge in [0.1, 0.15) is 0 Å². The van der Waals surface area contributed by atoms with Gasteiger partial charge >= 0.3 is 0 Å². The second-order valence-corrected chi connectivity index (χ2v) is 5.65. The largest absolute Gasteiger partial charge is 0.465 e. The second-order valence-electron chi connectivity index (χ2n) is 5.29. The summed E-state index contributed by atoms with van der Waals surface area (Å²) in [6.45, 7) is 7.32. The average molecular weight is 299 g/mol. The quantitative estimate of drug-likeness (QED) is 0.613. The summed E-state index contributed by atoms with van der Waals surface area (Å²) in [5.41, 5.74) is 0.840. The Kier molecular flexibility index (Phi) is 7.51. The van der Waals surface area contributed by atoms with Crippen molar-refractivity contribution in [1.29, 1.82) is 0 Å². The molecule has 1 aromatic heterocycles. The van der Waals surface area contributed by atoms with E-state index in [1.807, 2.05) is 6.92 Å². The van der Waals surface area contributed by atoms with Crippen molar-refractivity contribution in [2.45, 2.75) is 40.2 Å². The fourth-order valence-electron chi connectivity index (χ4n) is 1.86. The van der Waals surface area contributed by atoms with Crippen LogP contribution in [0.4, 0.5) is 0 Å². The number of thiol groups is 1. The first-order chi connectivity index (χ1) is 9.56. The van der Waals surface area contributed by atoms with Gasteiger partial charge in [-0.15, -0.1) is 0 Å². The van der Waals surface area contributed by atoms with Gasteiger partial charge in [0, 0.05) is 11.7 Å². The summed E-state index contributed by atoms with van der Waals surface area (Å²) in [7, 11) is 0. The number of ether oxygens (including phenoxy) is 1. The van der Waals surface area contributed by atoms with Gasteiger partial charge < -0.3 is 15.0 Å². The lowest BCUT2D eigenvalue weighted by Gasteiger charge is -2.16. The zero-order valence-electron chi connectivity index (χ0n) is 12.5. The smallest absolute Gasteiger partial charge is 0.293 e. The Balaban J connectivity index is 2.41. The van der Waals surface area contributed by atoms with E-state index in [9.17, 15) is 4.79 Å². The molecule has 0 fully saturated rings. The highest BCUT2D eigenvalue weighted by atomic mass is 32.1. The third-order valence-corrected chi connectivity index (χ3v) is 3.29. The molecule has 0 saturated carbocycles. The number of carbonyl (C=O) groups is 1. The van der Waals surface area contributed by atoms with Crippen molar-refractivity contribution in [3.8, 4) is 6.01 Å². The topological polar surface area (TPSA) is 67.0 Å². The SMILES string of the molecule is CCCOc1ncc(CNC(=O)[C@@H](CS)CC(C)C)[nH]1. The van der Waals surface area contributed by atoms with Gasteiger partial charge in [-0.05, 0) is 18.8 Å². The fraction of sp³-hybridized carbons (Fsp3) is 0.714. The van der Waals surface area contributed by atoms with Crippen LogP contribution in [0.3, 0.4) is 0 Å². The van der Waals surface area contributed by atoms with Crippen LogP contribution in [0.25, 0.3) is 0 Å². The molecule has 5 nitrogen and oxygen atoms in total. The van der Waals surface area contributed by atoms with Gasteiger partial charge in [-0.2, -0.15) is 12.6 Å². The van der Waals surface area contributed by atoms with E-state index < -0.39 is 0 Å². The van der Waals surface area contributed by atoms with Gasteiger partial charge in [0.25, 0.3) is 6.01 Å². The Morgan fingerprint density at radius 1 is 1.55 bits per heavy atom. The molecule has 0 bridgehead atoms. The number of nitrogens with zero attached hydrogens (tertiary/aromatic N) is 1. The number of nitrogens with one attached hydrogen (secondary N) is 2. The predicted molar refractivity (Wildman–Crippen MR) is 83.0 cm³/mol. The second kappa shape index (κ2) is 8.89. The number of carbonyl (C=O) groups excluding carboxylic acids is 1. The Morgan fingerprint density at radius 2 is 2.30 bits per heavy atom. The monoisotopic (exact) mass is 299 g/mol. The Bertz CT molecular complexity index is 407. The van der Waals surface area contributed by atoms with E-state index in [0.29, 0.717) is 30.8 Å². The Morgan fingerprint density at radius 3 is 2.90 bits per heavy atom. The van der Waals surface area contributed by atoms with E-state index in [2.05, 4.69) is 41.8 Å². The maximum atomic E-state index is 12.0. The maximum Gasteiger partial charge on any atom is 0.293 e. The summed E-state index contributed by atoms with van der Waals surface area (Å²) in [4.78, 5) is 19.2. The van der Waals surface area contributed by atoms with Crippen molar-refractivity contribution in [3.05, 3.63) is 11.9 Å². The Labute approximate surface area is 126 Å². The molecule has 0 saturated heterocycles. The molecule has 0 aliphatic heterocycles. The molecule has 6 heteroatoms. The molecular weight excluding hydrogens is 274 g/mol. The molecule has 114 valence electrons.